The summed E-state index contributed by atoms with van der Waals surface area (Å²) in [6.45, 7) is 4.22. The van der Waals surface area contributed by atoms with Crippen molar-refractivity contribution < 1.29 is 9.59 Å². The van der Waals surface area contributed by atoms with Gasteiger partial charge in [-0.05, 0) is 35.7 Å². The Labute approximate surface area is 159 Å². The van der Waals surface area contributed by atoms with Crippen LogP contribution in [0.25, 0.3) is 0 Å². The Hall–Kier alpha value is -3.15. The molecule has 1 atom stereocenters. The van der Waals surface area contributed by atoms with Crippen LogP contribution in [0.1, 0.15) is 31.7 Å². The molecule has 0 bridgehead atoms. The Kier molecular flexibility index (Phi) is 5.26. The van der Waals surface area contributed by atoms with Gasteiger partial charge in [0, 0.05) is 19.2 Å². The fourth-order valence-corrected chi connectivity index (χ4v) is 3.08. The molecule has 2 aromatic rings. The molecule has 0 saturated carbocycles. The molecule has 6 heteroatoms. The van der Waals surface area contributed by atoms with E-state index in [1.807, 2.05) is 54.6 Å². The van der Waals surface area contributed by atoms with Crippen LogP contribution in [0.2, 0.25) is 0 Å². The summed E-state index contributed by atoms with van der Waals surface area (Å²) < 4.78 is 0. The average Bonchev–Trinajstić information content (AvgIpc) is 3.13. The van der Waals surface area contributed by atoms with Crippen LogP contribution < -0.4 is 15.6 Å². The molecule has 27 heavy (non-hydrogen) atoms. The van der Waals surface area contributed by atoms with E-state index in [1.165, 1.54) is 5.01 Å². The molecule has 1 aliphatic heterocycles. The summed E-state index contributed by atoms with van der Waals surface area (Å²) in [5.74, 6) is -0.375. The second kappa shape index (κ2) is 7.61. The first-order valence-corrected chi connectivity index (χ1v) is 8.97. The lowest BCUT2D eigenvalue weighted by atomic mass is 10.0. The number of primary amides is 1. The molecule has 2 amide bonds. The van der Waals surface area contributed by atoms with Crippen LogP contribution >= 0.6 is 0 Å². The monoisotopic (exact) mass is 364 g/mol. The highest BCUT2D eigenvalue weighted by molar-refractivity contribution is 6.44. The number of anilines is 2. The van der Waals surface area contributed by atoms with Gasteiger partial charge < -0.3 is 10.6 Å². The second-order valence-electron chi connectivity index (χ2n) is 6.96. The molecule has 1 aliphatic rings. The van der Waals surface area contributed by atoms with Gasteiger partial charge in [0.2, 0.25) is 5.91 Å². The van der Waals surface area contributed by atoms with E-state index in [0.717, 1.165) is 16.9 Å². The number of benzene rings is 2. The van der Waals surface area contributed by atoms with E-state index in [0.29, 0.717) is 11.6 Å². The largest absolute Gasteiger partial charge is 0.368 e. The molecular formula is C21H24N4O2. The maximum atomic E-state index is 13.0. The van der Waals surface area contributed by atoms with Gasteiger partial charge >= 0.3 is 0 Å². The van der Waals surface area contributed by atoms with E-state index < -0.39 is 11.9 Å². The van der Waals surface area contributed by atoms with E-state index in [2.05, 4.69) is 18.9 Å². The molecule has 0 fully saturated rings. The van der Waals surface area contributed by atoms with E-state index in [1.54, 1.807) is 11.9 Å². The van der Waals surface area contributed by atoms with Crippen LogP contribution in [0.15, 0.2) is 59.7 Å². The summed E-state index contributed by atoms with van der Waals surface area (Å²) in [5, 5.41) is 5.96. The fourth-order valence-electron chi connectivity index (χ4n) is 3.08. The maximum absolute atomic E-state index is 13.0. The zero-order valence-corrected chi connectivity index (χ0v) is 15.8. The zero-order chi connectivity index (χ0) is 19.6. The Morgan fingerprint density at radius 1 is 1.15 bits per heavy atom. The second-order valence-corrected chi connectivity index (χ2v) is 6.96. The number of hydrogen-bond donors (Lipinski definition) is 1. The van der Waals surface area contributed by atoms with E-state index in [4.69, 9.17) is 5.73 Å². The summed E-state index contributed by atoms with van der Waals surface area (Å²) in [6.07, 6.45) is 0.192. The predicted octanol–water partition coefficient (Wildman–Crippen LogP) is 2.89. The van der Waals surface area contributed by atoms with Gasteiger partial charge in [0.15, 0.2) is 0 Å². The van der Waals surface area contributed by atoms with Crippen molar-refractivity contribution in [2.75, 3.05) is 17.0 Å². The molecule has 0 spiro atoms. The smallest absolute Gasteiger partial charge is 0.274 e. The van der Waals surface area contributed by atoms with Crippen LogP contribution in [0.5, 0.6) is 0 Å². The average molecular weight is 364 g/mol. The van der Waals surface area contributed by atoms with Crippen molar-refractivity contribution in [3.8, 4) is 0 Å². The minimum Gasteiger partial charge on any atom is -0.368 e. The van der Waals surface area contributed by atoms with Crippen molar-refractivity contribution in [1.29, 1.82) is 0 Å². The van der Waals surface area contributed by atoms with Gasteiger partial charge in [0.1, 0.15) is 11.8 Å². The van der Waals surface area contributed by atoms with Crippen molar-refractivity contribution in [3.05, 3.63) is 60.2 Å². The van der Waals surface area contributed by atoms with E-state index >= 15 is 0 Å². The van der Waals surface area contributed by atoms with E-state index in [9.17, 15) is 9.59 Å². The Bertz CT molecular complexity index is 877. The molecule has 2 aromatic carbocycles. The maximum Gasteiger partial charge on any atom is 0.274 e. The highest BCUT2D eigenvalue weighted by Crippen LogP contribution is 2.26. The molecule has 6 nitrogen and oxygen atoms in total. The summed E-state index contributed by atoms with van der Waals surface area (Å²) >= 11 is 0. The summed E-state index contributed by atoms with van der Waals surface area (Å²) in [7, 11) is 1.72. The number of para-hydroxylation sites is 1. The van der Waals surface area contributed by atoms with Gasteiger partial charge in [-0.15, -0.1) is 0 Å². The molecular weight excluding hydrogens is 340 g/mol. The SMILES string of the molecule is CC(C)c1cccc(N(C)C(=O)C2=NN(c3ccccc3)C(C(N)=O)C2)c1. The molecule has 140 valence electrons. The van der Waals surface area contributed by atoms with Crippen LogP contribution in [0.3, 0.4) is 0 Å². The molecule has 0 aromatic heterocycles. The Balaban J connectivity index is 1.87. The van der Waals surface area contributed by atoms with E-state index in [-0.39, 0.29) is 12.3 Å². The van der Waals surface area contributed by atoms with Crippen LogP contribution in [-0.2, 0) is 9.59 Å². The lowest BCUT2D eigenvalue weighted by Gasteiger charge is -2.20. The molecule has 0 radical (unpaired) electrons. The number of carbonyl (C=O) groups is 2. The normalized spacial score (nSPS) is 16.4. The highest BCUT2D eigenvalue weighted by atomic mass is 16.2. The quantitative estimate of drug-likeness (QED) is 0.886. The third-order valence-electron chi connectivity index (χ3n) is 4.74. The molecule has 0 aliphatic carbocycles. The van der Waals surface area contributed by atoms with Crippen molar-refractivity contribution >= 4 is 28.9 Å². The first-order chi connectivity index (χ1) is 12.9. The summed E-state index contributed by atoms with van der Waals surface area (Å²) in [6, 6.07) is 16.5. The third-order valence-corrected chi connectivity index (χ3v) is 4.74. The lowest BCUT2D eigenvalue weighted by molar-refractivity contribution is -0.119. The fraction of sp³-hybridized carbons (Fsp3) is 0.286. The van der Waals surface area contributed by atoms with Gasteiger partial charge in [-0.25, -0.2) is 0 Å². The molecule has 3 rings (SSSR count). The number of carbonyl (C=O) groups excluding carboxylic acids is 2. The standard InChI is InChI=1S/C21H24N4O2/c1-14(2)15-8-7-11-17(12-15)24(3)21(27)18-13-19(20(22)26)25(23-18)16-9-5-4-6-10-16/h4-12,14,19H,13H2,1-3H3,(H2,22,26). The number of rotatable bonds is 5. The Morgan fingerprint density at radius 2 is 1.85 bits per heavy atom. The van der Waals surface area contributed by atoms with Crippen LogP contribution in [0, 0.1) is 0 Å². The van der Waals surface area contributed by atoms with Crippen molar-refractivity contribution in [3.63, 3.8) is 0 Å². The van der Waals surface area contributed by atoms with Gasteiger partial charge in [-0.2, -0.15) is 5.10 Å². The van der Waals surface area contributed by atoms with Crippen molar-refractivity contribution in [1.82, 2.24) is 0 Å². The van der Waals surface area contributed by atoms with Crippen LogP contribution in [0.4, 0.5) is 11.4 Å². The molecule has 1 heterocycles. The number of nitrogens with two attached hydrogens (primary N) is 1. The predicted molar refractivity (Wildman–Crippen MR) is 108 cm³/mol. The van der Waals surface area contributed by atoms with Gasteiger partial charge in [-0.1, -0.05) is 44.2 Å². The highest BCUT2D eigenvalue weighted by Gasteiger charge is 2.36. The first-order valence-electron chi connectivity index (χ1n) is 8.97. The zero-order valence-electron chi connectivity index (χ0n) is 15.8. The molecule has 2 N–H and O–H groups in total. The van der Waals surface area contributed by atoms with Gasteiger partial charge in [0.05, 0.1) is 5.69 Å². The number of hydrazone groups is 1. The van der Waals surface area contributed by atoms with Gasteiger partial charge in [-0.3, -0.25) is 14.6 Å². The topological polar surface area (TPSA) is 79.0 Å². The van der Waals surface area contributed by atoms with Crippen molar-refractivity contribution in [2.45, 2.75) is 32.2 Å². The van der Waals surface area contributed by atoms with Crippen molar-refractivity contribution in [2.24, 2.45) is 10.8 Å². The van der Waals surface area contributed by atoms with Gasteiger partial charge in [0.25, 0.3) is 5.91 Å². The van der Waals surface area contributed by atoms with Crippen LogP contribution in [-0.4, -0.2) is 30.6 Å². The summed E-state index contributed by atoms with van der Waals surface area (Å²) in [4.78, 5) is 26.5. The third kappa shape index (κ3) is 3.84. The number of hydrogen-bond acceptors (Lipinski definition) is 4. The number of amides is 2. The summed E-state index contributed by atoms with van der Waals surface area (Å²) in [5.41, 5.74) is 8.55. The minimum atomic E-state index is -0.665. The first kappa shape index (κ1) is 18.6. The number of nitrogens with zero attached hydrogens (tertiary/aromatic N) is 3. The Morgan fingerprint density at radius 3 is 2.48 bits per heavy atom. The lowest BCUT2D eigenvalue weighted by Crippen LogP contribution is -2.40. The molecule has 1 unspecified atom stereocenters. The molecule has 0 saturated heterocycles. The minimum absolute atomic E-state index is 0.192.